The minimum absolute atomic E-state index is 0.0321. The molecule has 2 aliphatic rings. The molecule has 16 heteroatoms. The Bertz CT molecular complexity index is 1250. The monoisotopic (exact) mass is 567 g/mol. The Hall–Kier alpha value is -2.79. The number of hydrogen-bond acceptors (Lipinski definition) is 13. The van der Waals surface area contributed by atoms with Crippen LogP contribution in [0.25, 0.3) is 0 Å². The Balaban J connectivity index is 1.50. The van der Waals surface area contributed by atoms with Crippen molar-refractivity contribution >= 4 is 75.9 Å². The molecule has 0 unspecified atom stereocenters. The van der Waals surface area contributed by atoms with Gasteiger partial charge in [-0.1, -0.05) is 23.0 Å². The van der Waals surface area contributed by atoms with Gasteiger partial charge in [0.1, 0.15) is 28.6 Å². The van der Waals surface area contributed by atoms with Crippen LogP contribution in [0.2, 0.25) is 0 Å². The second-order valence-corrected chi connectivity index (χ2v) is 11.8. The van der Waals surface area contributed by atoms with E-state index in [-0.39, 0.29) is 17.2 Å². The van der Waals surface area contributed by atoms with Crippen LogP contribution in [0.4, 0.5) is 5.82 Å². The highest BCUT2D eigenvalue weighted by Crippen LogP contribution is 2.46. The number of thiazole rings is 1. The molecule has 4 rings (SSSR count). The van der Waals surface area contributed by atoms with Gasteiger partial charge in [-0.2, -0.15) is 11.8 Å². The lowest BCUT2D eigenvalue weighted by Gasteiger charge is -2.49. The van der Waals surface area contributed by atoms with Gasteiger partial charge in [-0.25, -0.2) is 14.8 Å². The van der Waals surface area contributed by atoms with E-state index >= 15 is 0 Å². The van der Waals surface area contributed by atoms with E-state index in [9.17, 15) is 24.7 Å². The smallest absolute Gasteiger partial charge is 0.353 e. The maximum Gasteiger partial charge on any atom is 0.353 e. The van der Waals surface area contributed by atoms with Crippen molar-refractivity contribution in [2.45, 2.75) is 21.4 Å². The number of nitrogens with two attached hydrogens (primary N) is 2. The lowest BCUT2D eigenvalue weighted by atomic mass is 10.0. The molecule has 2 aliphatic heterocycles. The highest BCUT2D eigenvalue weighted by molar-refractivity contribution is 8.07. The SMILES string of the molecule is NCCSCc1ncsc1SC1=C(C(=O)O)N2C(=O)[C@@H](NC(=O)/C(=N/O)c3cccc(N)n3)[C@H]2SC1. The maximum absolute atomic E-state index is 13.0. The number of pyridine rings is 1. The average molecular weight is 568 g/mol. The zero-order valence-corrected chi connectivity index (χ0v) is 21.8. The van der Waals surface area contributed by atoms with E-state index in [0.717, 1.165) is 15.7 Å². The number of carbonyl (C=O) groups excluding carboxylic acids is 2. The van der Waals surface area contributed by atoms with Gasteiger partial charge in [0.15, 0.2) is 5.71 Å². The summed E-state index contributed by atoms with van der Waals surface area (Å²) in [5.74, 6) is -0.741. The van der Waals surface area contributed by atoms with Gasteiger partial charge in [-0.05, 0) is 12.1 Å². The van der Waals surface area contributed by atoms with E-state index in [1.165, 1.54) is 58.0 Å². The Morgan fingerprint density at radius 1 is 1.36 bits per heavy atom. The predicted molar refractivity (Wildman–Crippen MR) is 140 cm³/mol. The van der Waals surface area contributed by atoms with Crippen LogP contribution in [0.5, 0.6) is 0 Å². The van der Waals surface area contributed by atoms with Gasteiger partial charge >= 0.3 is 5.97 Å². The molecular formula is C20H21N7O5S4. The van der Waals surface area contributed by atoms with Crippen molar-refractivity contribution in [3.8, 4) is 0 Å². The number of nitrogens with zero attached hydrogens (tertiary/aromatic N) is 4. The first-order valence-electron chi connectivity index (χ1n) is 10.4. The first-order chi connectivity index (χ1) is 17.3. The highest BCUT2D eigenvalue weighted by atomic mass is 32.2. The third-order valence-electron chi connectivity index (χ3n) is 5.07. The third kappa shape index (κ3) is 5.31. The van der Waals surface area contributed by atoms with Crippen LogP contribution in [0, 0.1) is 0 Å². The molecule has 4 heterocycles. The summed E-state index contributed by atoms with van der Waals surface area (Å²) in [7, 11) is 0. The number of amides is 2. The molecule has 2 atom stereocenters. The molecular weight excluding hydrogens is 547 g/mol. The molecule has 0 aromatic carbocycles. The van der Waals surface area contributed by atoms with Gasteiger partial charge in [0.05, 0.1) is 15.4 Å². The number of thioether (sulfide) groups is 3. The summed E-state index contributed by atoms with van der Waals surface area (Å²) >= 11 is 5.68. The van der Waals surface area contributed by atoms with E-state index in [1.807, 2.05) is 0 Å². The van der Waals surface area contributed by atoms with Crippen LogP contribution < -0.4 is 16.8 Å². The Labute approximate surface area is 222 Å². The number of carbonyl (C=O) groups is 3. The number of nitrogens with one attached hydrogen (secondary N) is 1. The molecule has 12 nitrogen and oxygen atoms in total. The van der Waals surface area contributed by atoms with Crippen molar-refractivity contribution in [2.75, 3.05) is 23.8 Å². The summed E-state index contributed by atoms with van der Waals surface area (Å²) in [6.07, 6.45) is 0. The van der Waals surface area contributed by atoms with Crippen LogP contribution in [-0.2, 0) is 20.1 Å². The van der Waals surface area contributed by atoms with Crippen LogP contribution in [0.15, 0.2) is 43.7 Å². The first kappa shape index (κ1) is 26.3. The van der Waals surface area contributed by atoms with Crippen LogP contribution in [0.1, 0.15) is 11.4 Å². The zero-order valence-electron chi connectivity index (χ0n) is 18.5. The molecule has 2 amide bonds. The van der Waals surface area contributed by atoms with Crippen molar-refractivity contribution in [1.29, 1.82) is 0 Å². The van der Waals surface area contributed by atoms with Crippen molar-refractivity contribution in [3.63, 3.8) is 0 Å². The number of oxime groups is 1. The van der Waals surface area contributed by atoms with Gasteiger partial charge in [0.25, 0.3) is 11.8 Å². The number of carboxylic acid groups (broad SMARTS) is 1. The highest BCUT2D eigenvalue weighted by Gasteiger charge is 2.54. The molecule has 0 saturated carbocycles. The molecule has 0 aliphatic carbocycles. The average Bonchev–Trinajstić information content (AvgIpc) is 3.29. The number of fused-ring (bicyclic) bond motifs is 1. The van der Waals surface area contributed by atoms with Crippen molar-refractivity contribution in [2.24, 2.45) is 10.9 Å². The van der Waals surface area contributed by atoms with Gasteiger partial charge in [0, 0.05) is 28.7 Å². The number of aromatic nitrogens is 2. The Morgan fingerprint density at radius 2 is 2.17 bits per heavy atom. The number of rotatable bonds is 10. The van der Waals surface area contributed by atoms with E-state index in [0.29, 0.717) is 23.0 Å². The second kappa shape index (κ2) is 11.5. The summed E-state index contributed by atoms with van der Waals surface area (Å²) in [5, 5.41) is 24.2. The third-order valence-corrected chi connectivity index (χ3v) is 9.74. The van der Waals surface area contributed by atoms with Crippen LogP contribution in [-0.4, -0.2) is 78.1 Å². The normalized spacial score (nSPS) is 19.6. The molecule has 1 fully saturated rings. The topological polar surface area (TPSA) is 197 Å². The molecule has 0 radical (unpaired) electrons. The van der Waals surface area contributed by atoms with Gasteiger partial charge in [-0.3, -0.25) is 14.5 Å². The minimum Gasteiger partial charge on any atom is -0.477 e. The predicted octanol–water partition coefficient (Wildman–Crippen LogP) is 0.979. The lowest BCUT2D eigenvalue weighted by Crippen LogP contribution is -2.71. The fourth-order valence-electron chi connectivity index (χ4n) is 3.48. The summed E-state index contributed by atoms with van der Waals surface area (Å²) in [6.45, 7) is 0.556. The van der Waals surface area contributed by atoms with E-state index in [4.69, 9.17) is 11.5 Å². The lowest BCUT2D eigenvalue weighted by molar-refractivity contribution is -0.150. The van der Waals surface area contributed by atoms with Crippen molar-refractivity contribution < 1.29 is 24.7 Å². The van der Waals surface area contributed by atoms with Crippen molar-refractivity contribution in [1.82, 2.24) is 20.2 Å². The molecule has 0 spiro atoms. The van der Waals surface area contributed by atoms with E-state index < -0.39 is 34.9 Å². The quantitative estimate of drug-likeness (QED) is 0.0898. The molecule has 0 bridgehead atoms. The number of nitrogen functional groups attached to an aromatic ring is 1. The van der Waals surface area contributed by atoms with Crippen LogP contribution in [0.3, 0.4) is 0 Å². The van der Waals surface area contributed by atoms with Crippen LogP contribution >= 0.6 is 46.6 Å². The van der Waals surface area contributed by atoms with Gasteiger partial charge in [-0.15, -0.1) is 23.1 Å². The maximum atomic E-state index is 13.0. The zero-order chi connectivity index (χ0) is 25.8. The number of aliphatic carboxylic acids is 1. The number of carboxylic acids is 1. The summed E-state index contributed by atoms with van der Waals surface area (Å²) < 4.78 is 0.864. The van der Waals surface area contributed by atoms with Gasteiger partial charge in [0.2, 0.25) is 0 Å². The minimum atomic E-state index is -1.23. The molecule has 36 heavy (non-hydrogen) atoms. The van der Waals surface area contributed by atoms with E-state index in [2.05, 4.69) is 20.4 Å². The number of β-lactam (4-membered cyclic amide) rings is 1. The Morgan fingerprint density at radius 3 is 2.86 bits per heavy atom. The summed E-state index contributed by atoms with van der Waals surface area (Å²) in [5.41, 5.74) is 13.2. The molecule has 1 saturated heterocycles. The summed E-state index contributed by atoms with van der Waals surface area (Å²) in [6, 6.07) is 3.49. The summed E-state index contributed by atoms with van der Waals surface area (Å²) in [4.78, 5) is 47.9. The number of anilines is 1. The largest absolute Gasteiger partial charge is 0.477 e. The van der Waals surface area contributed by atoms with E-state index in [1.54, 1.807) is 17.3 Å². The number of hydrogen-bond donors (Lipinski definition) is 5. The molecule has 2 aromatic rings. The fraction of sp³-hybridized carbons (Fsp3) is 0.300. The fourth-order valence-corrected chi connectivity index (χ4v) is 7.93. The second-order valence-electron chi connectivity index (χ2n) is 7.36. The van der Waals surface area contributed by atoms with Crippen molar-refractivity contribution in [3.05, 3.63) is 45.7 Å². The first-order valence-corrected chi connectivity index (χ1v) is 14.3. The standard InChI is InChI=1S/C20H21N7O5S4/c21-4-5-33-6-10-20(35-8-23-10)36-11-7-34-18-14(17(29)27(18)15(11)19(30)31)25-16(28)13(26-32)9-2-1-3-12(22)24-9/h1-3,8,14,18,32H,4-7,21H2,(H2,22,24)(H,25,28)(H,30,31)/b26-13+/t14-,18-/m1/s1. The molecule has 2 aromatic heterocycles. The van der Waals surface area contributed by atoms with Gasteiger partial charge < -0.3 is 27.1 Å². The molecule has 7 N–H and O–H groups in total. The Kier molecular flexibility index (Phi) is 8.40. The molecule has 190 valence electrons.